The fraction of sp³-hybridized carbons (Fsp3) is 0.667. The molecule has 1 aromatic rings. The first-order valence-corrected chi connectivity index (χ1v) is 9.56. The highest BCUT2D eigenvalue weighted by Gasteiger charge is 2.61. The van der Waals surface area contributed by atoms with Crippen molar-refractivity contribution in [2.45, 2.75) is 62.8 Å². The Kier molecular flexibility index (Phi) is 3.08. The van der Waals surface area contributed by atoms with Crippen molar-refractivity contribution >= 4 is 5.91 Å². The van der Waals surface area contributed by atoms with Gasteiger partial charge in [-0.3, -0.25) is 4.79 Å². The molecule has 2 unspecified atom stereocenters. The molecule has 3 heteroatoms. The number of benzene rings is 1. The highest BCUT2D eigenvalue weighted by atomic mass is 16.5. The molecule has 5 fully saturated rings. The lowest BCUT2D eigenvalue weighted by molar-refractivity contribution is -0.149. The van der Waals surface area contributed by atoms with Gasteiger partial charge in [-0.15, -0.1) is 0 Å². The first kappa shape index (κ1) is 14.8. The van der Waals surface area contributed by atoms with E-state index in [9.17, 15) is 4.79 Å². The molecule has 1 N–H and O–H groups in total. The molecule has 0 saturated heterocycles. The third kappa shape index (κ3) is 2.20. The average Bonchev–Trinajstić information content (AvgIpc) is 3.38. The largest absolute Gasteiger partial charge is 0.497 e. The van der Waals surface area contributed by atoms with Crippen LogP contribution in [0.25, 0.3) is 0 Å². The van der Waals surface area contributed by atoms with Crippen molar-refractivity contribution in [3.8, 4) is 5.75 Å². The standard InChI is InChI=1S/C21H27NO2/c1-24-18-6-2-16(3-7-18)20-9-14-8-15(10-20)12-21(11-14,13-20)19(23)22-17-4-5-17/h2-3,6-7,14-15,17H,4-5,8-13H2,1H3,(H,22,23). The summed E-state index contributed by atoms with van der Waals surface area (Å²) in [5.74, 6) is 2.76. The second kappa shape index (κ2) is 5.00. The number of methoxy groups -OCH3 is 1. The van der Waals surface area contributed by atoms with Crippen LogP contribution in [0.15, 0.2) is 24.3 Å². The van der Waals surface area contributed by atoms with Gasteiger partial charge >= 0.3 is 0 Å². The minimum atomic E-state index is -0.0907. The van der Waals surface area contributed by atoms with Crippen LogP contribution in [-0.2, 0) is 10.2 Å². The summed E-state index contributed by atoms with van der Waals surface area (Å²) in [6, 6.07) is 9.15. The van der Waals surface area contributed by atoms with E-state index in [2.05, 4.69) is 29.6 Å². The molecule has 5 aliphatic rings. The van der Waals surface area contributed by atoms with E-state index in [1.54, 1.807) is 7.11 Å². The number of hydrogen-bond donors (Lipinski definition) is 1. The van der Waals surface area contributed by atoms with E-state index in [1.165, 1.54) is 37.7 Å². The van der Waals surface area contributed by atoms with Crippen molar-refractivity contribution in [1.29, 1.82) is 0 Å². The average molecular weight is 325 g/mol. The van der Waals surface area contributed by atoms with Crippen LogP contribution in [-0.4, -0.2) is 19.1 Å². The number of ether oxygens (including phenoxy) is 1. The molecule has 4 bridgehead atoms. The molecular weight excluding hydrogens is 298 g/mol. The predicted molar refractivity (Wildman–Crippen MR) is 93.0 cm³/mol. The molecule has 0 aromatic heterocycles. The zero-order chi connectivity index (χ0) is 16.4. The fourth-order valence-electron chi connectivity index (χ4n) is 6.38. The topological polar surface area (TPSA) is 38.3 Å². The van der Waals surface area contributed by atoms with Gasteiger partial charge in [-0.25, -0.2) is 0 Å². The summed E-state index contributed by atoms with van der Waals surface area (Å²) in [5, 5.41) is 3.34. The Labute approximate surface area is 144 Å². The van der Waals surface area contributed by atoms with Gasteiger partial charge in [-0.05, 0) is 86.3 Å². The summed E-state index contributed by atoms with van der Waals surface area (Å²) in [4.78, 5) is 13.1. The van der Waals surface area contributed by atoms with Crippen LogP contribution in [0.2, 0.25) is 0 Å². The minimum Gasteiger partial charge on any atom is -0.497 e. The molecule has 0 spiro atoms. The monoisotopic (exact) mass is 325 g/mol. The zero-order valence-corrected chi connectivity index (χ0v) is 14.5. The molecule has 0 radical (unpaired) electrons. The van der Waals surface area contributed by atoms with Crippen LogP contribution in [0.3, 0.4) is 0 Å². The summed E-state index contributed by atoms with van der Waals surface area (Å²) in [7, 11) is 1.72. The molecule has 1 amide bonds. The summed E-state index contributed by atoms with van der Waals surface area (Å²) < 4.78 is 5.33. The van der Waals surface area contributed by atoms with Crippen molar-refractivity contribution in [1.82, 2.24) is 5.32 Å². The van der Waals surface area contributed by atoms with Crippen LogP contribution >= 0.6 is 0 Å². The maximum atomic E-state index is 13.1. The molecule has 3 nitrogen and oxygen atoms in total. The second-order valence-corrected chi connectivity index (χ2v) is 9.00. The van der Waals surface area contributed by atoms with E-state index in [4.69, 9.17) is 4.74 Å². The lowest BCUT2D eigenvalue weighted by atomic mass is 9.42. The van der Waals surface area contributed by atoms with Crippen molar-refractivity contribution in [2.24, 2.45) is 17.3 Å². The number of carbonyl (C=O) groups is 1. The van der Waals surface area contributed by atoms with Gasteiger partial charge in [0.25, 0.3) is 0 Å². The third-order valence-electron chi connectivity index (χ3n) is 7.16. The van der Waals surface area contributed by atoms with Crippen LogP contribution in [0.1, 0.15) is 56.9 Å². The lowest BCUT2D eigenvalue weighted by Gasteiger charge is -2.61. The van der Waals surface area contributed by atoms with E-state index in [0.717, 1.165) is 36.8 Å². The smallest absolute Gasteiger partial charge is 0.226 e. The van der Waals surface area contributed by atoms with E-state index in [1.807, 2.05) is 0 Å². The van der Waals surface area contributed by atoms with Crippen LogP contribution in [0, 0.1) is 17.3 Å². The van der Waals surface area contributed by atoms with E-state index >= 15 is 0 Å². The first-order chi connectivity index (χ1) is 11.6. The van der Waals surface area contributed by atoms with E-state index in [0.29, 0.717) is 11.9 Å². The van der Waals surface area contributed by atoms with Crippen molar-refractivity contribution in [2.75, 3.05) is 7.11 Å². The molecule has 2 atom stereocenters. The van der Waals surface area contributed by atoms with Crippen LogP contribution in [0.4, 0.5) is 0 Å². The molecule has 6 rings (SSSR count). The highest BCUT2D eigenvalue weighted by molar-refractivity contribution is 5.84. The molecule has 128 valence electrons. The number of carbonyl (C=O) groups excluding carboxylic acids is 1. The van der Waals surface area contributed by atoms with Crippen LogP contribution in [0.5, 0.6) is 5.75 Å². The van der Waals surface area contributed by atoms with Gasteiger partial charge in [0, 0.05) is 6.04 Å². The highest BCUT2D eigenvalue weighted by Crippen LogP contribution is 2.65. The maximum Gasteiger partial charge on any atom is 0.226 e. The lowest BCUT2D eigenvalue weighted by Crippen LogP contribution is -2.59. The first-order valence-electron chi connectivity index (χ1n) is 9.56. The van der Waals surface area contributed by atoms with Gasteiger partial charge in [0.2, 0.25) is 5.91 Å². The Hall–Kier alpha value is -1.51. The Morgan fingerprint density at radius 3 is 2.33 bits per heavy atom. The van der Waals surface area contributed by atoms with Gasteiger partial charge in [0.1, 0.15) is 5.75 Å². The van der Waals surface area contributed by atoms with Gasteiger partial charge in [-0.2, -0.15) is 0 Å². The van der Waals surface area contributed by atoms with Gasteiger partial charge in [-0.1, -0.05) is 12.1 Å². The summed E-state index contributed by atoms with van der Waals surface area (Å²) in [6.45, 7) is 0. The zero-order valence-electron chi connectivity index (χ0n) is 14.5. The SMILES string of the molecule is COc1ccc(C23CC4CC(CC(C(=O)NC5CC5)(C4)C2)C3)cc1. The molecule has 5 aliphatic carbocycles. The number of rotatable bonds is 4. The molecule has 5 saturated carbocycles. The van der Waals surface area contributed by atoms with Crippen molar-refractivity contribution in [3.05, 3.63) is 29.8 Å². The minimum absolute atomic E-state index is 0.0907. The number of nitrogens with one attached hydrogen (secondary N) is 1. The molecule has 24 heavy (non-hydrogen) atoms. The summed E-state index contributed by atoms with van der Waals surface area (Å²) in [5.41, 5.74) is 1.56. The quantitative estimate of drug-likeness (QED) is 0.914. The summed E-state index contributed by atoms with van der Waals surface area (Å²) >= 11 is 0. The number of hydrogen-bond acceptors (Lipinski definition) is 2. The predicted octanol–water partition coefficient (Wildman–Crippen LogP) is 3.81. The van der Waals surface area contributed by atoms with Crippen LogP contribution < -0.4 is 10.1 Å². The maximum absolute atomic E-state index is 13.1. The number of amides is 1. The molecular formula is C21H27NO2. The van der Waals surface area contributed by atoms with E-state index < -0.39 is 0 Å². The molecule has 0 aliphatic heterocycles. The van der Waals surface area contributed by atoms with E-state index in [-0.39, 0.29) is 10.8 Å². The van der Waals surface area contributed by atoms with Gasteiger partial charge < -0.3 is 10.1 Å². The van der Waals surface area contributed by atoms with Gasteiger partial charge in [0.05, 0.1) is 12.5 Å². The Morgan fingerprint density at radius 2 is 1.75 bits per heavy atom. The normalized spacial score (nSPS) is 39.7. The molecule has 0 heterocycles. The Balaban J connectivity index is 1.49. The van der Waals surface area contributed by atoms with Crippen molar-refractivity contribution in [3.63, 3.8) is 0 Å². The van der Waals surface area contributed by atoms with Crippen molar-refractivity contribution < 1.29 is 9.53 Å². The third-order valence-corrected chi connectivity index (χ3v) is 7.16. The Bertz CT molecular complexity index is 647. The second-order valence-electron chi connectivity index (χ2n) is 9.00. The summed E-state index contributed by atoms with van der Waals surface area (Å²) in [6.07, 6.45) is 9.55. The Morgan fingerprint density at radius 1 is 1.08 bits per heavy atom. The fourth-order valence-corrected chi connectivity index (χ4v) is 6.38. The molecule has 1 aromatic carbocycles. The van der Waals surface area contributed by atoms with Gasteiger partial charge in [0.15, 0.2) is 0 Å².